The van der Waals surface area contributed by atoms with Crippen LogP contribution in [-0.2, 0) is 0 Å². The van der Waals surface area contributed by atoms with Crippen LogP contribution in [0.1, 0.15) is 101 Å². The molecule has 2 nitrogen and oxygen atoms in total. The summed E-state index contributed by atoms with van der Waals surface area (Å²) < 4.78 is 6.31. The third kappa shape index (κ3) is 7.31. The quantitative estimate of drug-likeness (QED) is 0.385. The molecule has 0 saturated heterocycles. The lowest BCUT2D eigenvalue weighted by atomic mass is 9.86. The van der Waals surface area contributed by atoms with E-state index in [4.69, 9.17) is 4.74 Å². The molecule has 0 fully saturated rings. The number of benzene rings is 1. The third-order valence-corrected chi connectivity index (χ3v) is 6.08. The highest BCUT2D eigenvalue weighted by atomic mass is 16.5. The van der Waals surface area contributed by atoms with Crippen molar-refractivity contribution in [1.29, 1.82) is 0 Å². The molecule has 1 atom stereocenters. The first kappa shape index (κ1) is 24.2. The molecule has 1 aromatic carbocycles. The summed E-state index contributed by atoms with van der Waals surface area (Å²) in [5.74, 6) is 0.961. The van der Waals surface area contributed by atoms with Crippen LogP contribution in [0.3, 0.4) is 0 Å². The van der Waals surface area contributed by atoms with Crippen LogP contribution in [0.2, 0.25) is 0 Å². The minimum atomic E-state index is -0.413. The zero-order valence-electron chi connectivity index (χ0n) is 20.2. The zero-order valence-corrected chi connectivity index (χ0v) is 20.2. The van der Waals surface area contributed by atoms with Crippen molar-refractivity contribution in [3.05, 3.63) is 63.8 Å². The van der Waals surface area contributed by atoms with Gasteiger partial charge in [0.15, 0.2) is 5.78 Å². The minimum Gasteiger partial charge on any atom is -0.486 e. The summed E-state index contributed by atoms with van der Waals surface area (Å²) in [7, 11) is 0. The third-order valence-electron chi connectivity index (χ3n) is 6.08. The van der Waals surface area contributed by atoms with Gasteiger partial charge >= 0.3 is 0 Å². The van der Waals surface area contributed by atoms with Crippen molar-refractivity contribution >= 4 is 5.78 Å². The Morgan fingerprint density at radius 3 is 2.13 bits per heavy atom. The first-order chi connectivity index (χ1) is 14.1. The molecule has 0 radical (unpaired) electrons. The van der Waals surface area contributed by atoms with Crippen molar-refractivity contribution in [1.82, 2.24) is 0 Å². The molecule has 0 amide bonds. The maximum Gasteiger partial charge on any atom is 0.170 e. The largest absolute Gasteiger partial charge is 0.486 e. The average Bonchev–Trinajstić information content (AvgIpc) is 2.63. The van der Waals surface area contributed by atoms with Gasteiger partial charge in [0, 0.05) is 0 Å². The molecule has 1 unspecified atom stereocenters. The number of carbonyl (C=O) groups is 1. The van der Waals surface area contributed by atoms with Gasteiger partial charge in [-0.2, -0.15) is 0 Å². The Hall–Kier alpha value is -2.09. The molecule has 1 aliphatic heterocycles. The fourth-order valence-corrected chi connectivity index (χ4v) is 3.93. The molecule has 0 saturated carbocycles. The van der Waals surface area contributed by atoms with Gasteiger partial charge < -0.3 is 4.74 Å². The van der Waals surface area contributed by atoms with E-state index >= 15 is 0 Å². The molecular weight excluding hydrogens is 368 g/mol. The van der Waals surface area contributed by atoms with Crippen LogP contribution in [0.25, 0.3) is 0 Å². The van der Waals surface area contributed by atoms with Crippen LogP contribution >= 0.6 is 0 Å². The summed E-state index contributed by atoms with van der Waals surface area (Å²) in [6.45, 7) is 14.9. The van der Waals surface area contributed by atoms with Gasteiger partial charge in [0.1, 0.15) is 11.4 Å². The average molecular weight is 409 g/mol. The van der Waals surface area contributed by atoms with Crippen molar-refractivity contribution in [2.45, 2.75) is 99.0 Å². The van der Waals surface area contributed by atoms with Gasteiger partial charge in [-0.3, -0.25) is 4.79 Å². The lowest BCUT2D eigenvalue weighted by Crippen LogP contribution is -2.39. The van der Waals surface area contributed by atoms with Crippen molar-refractivity contribution < 1.29 is 9.53 Å². The summed E-state index contributed by atoms with van der Waals surface area (Å²) in [5.41, 5.74) is 6.94. The van der Waals surface area contributed by atoms with E-state index in [0.717, 1.165) is 55.4 Å². The Balaban J connectivity index is 1.84. The van der Waals surface area contributed by atoms with Crippen molar-refractivity contribution in [3.8, 4) is 5.75 Å². The molecule has 0 bridgehead atoms. The standard InChI is InChI=1S/C28H40O2/c1-20(2)11-8-12-21(3)13-9-14-22(4)15-10-16-28(7)19-26(29)25-17-23(5)24(6)18-27(25)30-28/h11,13,15,17-18H,8-10,12,14,16,19H2,1-7H3/b21-13+,22-15+. The van der Waals surface area contributed by atoms with E-state index < -0.39 is 5.60 Å². The molecule has 0 N–H and O–H groups in total. The maximum absolute atomic E-state index is 12.7. The number of ether oxygens (including phenoxy) is 1. The Morgan fingerprint density at radius 1 is 0.933 bits per heavy atom. The van der Waals surface area contributed by atoms with E-state index in [1.54, 1.807) is 0 Å². The molecule has 1 aliphatic rings. The second-order valence-electron chi connectivity index (χ2n) is 9.58. The Bertz CT molecular complexity index is 850. The topological polar surface area (TPSA) is 26.3 Å². The number of carbonyl (C=O) groups excluding carboxylic acids is 1. The van der Waals surface area contributed by atoms with Crippen molar-refractivity contribution in [3.63, 3.8) is 0 Å². The number of allylic oxidation sites excluding steroid dienone is 6. The number of rotatable bonds is 9. The fraction of sp³-hybridized carbons (Fsp3) is 0.536. The Labute approximate surface area is 184 Å². The normalized spacial score (nSPS) is 19.4. The number of aryl methyl sites for hydroxylation is 2. The molecule has 0 aromatic heterocycles. The lowest BCUT2D eigenvalue weighted by Gasteiger charge is -2.35. The highest BCUT2D eigenvalue weighted by Crippen LogP contribution is 2.37. The molecule has 1 heterocycles. The lowest BCUT2D eigenvalue weighted by molar-refractivity contribution is 0.0475. The second-order valence-corrected chi connectivity index (χ2v) is 9.58. The summed E-state index contributed by atoms with van der Waals surface area (Å²) in [6, 6.07) is 4.00. The molecular formula is C28H40O2. The van der Waals surface area contributed by atoms with E-state index in [0.29, 0.717) is 6.42 Å². The summed E-state index contributed by atoms with van der Waals surface area (Å²) in [4.78, 5) is 12.7. The van der Waals surface area contributed by atoms with Crippen LogP contribution in [0.5, 0.6) is 5.75 Å². The van der Waals surface area contributed by atoms with E-state index in [2.05, 4.69) is 59.8 Å². The van der Waals surface area contributed by atoms with E-state index in [1.165, 1.54) is 22.3 Å². The first-order valence-electron chi connectivity index (χ1n) is 11.4. The predicted molar refractivity (Wildman–Crippen MR) is 129 cm³/mol. The zero-order chi connectivity index (χ0) is 22.3. The minimum absolute atomic E-state index is 0.205. The van der Waals surface area contributed by atoms with Gasteiger partial charge in [0.2, 0.25) is 0 Å². The van der Waals surface area contributed by atoms with Gasteiger partial charge in [0.05, 0.1) is 12.0 Å². The van der Waals surface area contributed by atoms with Crippen molar-refractivity contribution in [2.75, 3.05) is 0 Å². The van der Waals surface area contributed by atoms with E-state index in [-0.39, 0.29) is 5.78 Å². The number of hydrogen-bond acceptors (Lipinski definition) is 2. The molecule has 1 aromatic rings. The molecule has 30 heavy (non-hydrogen) atoms. The monoisotopic (exact) mass is 408 g/mol. The molecule has 2 rings (SSSR count). The number of fused-ring (bicyclic) bond motifs is 1. The predicted octanol–water partition coefficient (Wildman–Crippen LogP) is 8.23. The van der Waals surface area contributed by atoms with Gasteiger partial charge in [-0.15, -0.1) is 0 Å². The molecule has 2 heteroatoms. The first-order valence-corrected chi connectivity index (χ1v) is 11.4. The summed E-state index contributed by atoms with van der Waals surface area (Å²) >= 11 is 0. The Kier molecular flexibility index (Phi) is 8.70. The van der Waals surface area contributed by atoms with E-state index in [1.807, 2.05) is 19.1 Å². The van der Waals surface area contributed by atoms with Crippen LogP contribution in [0, 0.1) is 13.8 Å². The van der Waals surface area contributed by atoms with E-state index in [9.17, 15) is 4.79 Å². The van der Waals surface area contributed by atoms with Gasteiger partial charge in [-0.05, 0) is 110 Å². The SMILES string of the molecule is CC(C)=CCC/C(C)=C/CC/C(C)=C/CCC1(C)CC(=O)c2cc(C)c(C)cc2O1. The van der Waals surface area contributed by atoms with Gasteiger partial charge in [-0.1, -0.05) is 34.9 Å². The van der Waals surface area contributed by atoms with Gasteiger partial charge in [0.25, 0.3) is 0 Å². The maximum atomic E-state index is 12.7. The molecule has 0 spiro atoms. The number of ketones is 1. The fourth-order valence-electron chi connectivity index (χ4n) is 3.93. The number of Topliss-reactive ketones (excluding diaryl/α,β-unsaturated/α-hetero) is 1. The van der Waals surface area contributed by atoms with Crippen LogP contribution < -0.4 is 4.74 Å². The molecule has 164 valence electrons. The Morgan fingerprint density at radius 2 is 1.50 bits per heavy atom. The van der Waals surface area contributed by atoms with Crippen molar-refractivity contribution in [2.24, 2.45) is 0 Å². The highest BCUT2D eigenvalue weighted by molar-refractivity contribution is 6.00. The van der Waals surface area contributed by atoms with Gasteiger partial charge in [-0.25, -0.2) is 0 Å². The number of hydrogen-bond donors (Lipinski definition) is 0. The summed E-state index contributed by atoms with van der Waals surface area (Å²) in [5, 5.41) is 0. The smallest absolute Gasteiger partial charge is 0.170 e. The van der Waals surface area contributed by atoms with Crippen LogP contribution in [-0.4, -0.2) is 11.4 Å². The van der Waals surface area contributed by atoms with Crippen LogP contribution in [0.4, 0.5) is 0 Å². The molecule has 0 aliphatic carbocycles. The highest BCUT2D eigenvalue weighted by Gasteiger charge is 2.36. The van der Waals surface area contributed by atoms with Crippen LogP contribution in [0.15, 0.2) is 47.1 Å². The second kappa shape index (κ2) is 10.8. The summed E-state index contributed by atoms with van der Waals surface area (Å²) in [6.07, 6.45) is 13.8.